The predicted molar refractivity (Wildman–Crippen MR) is 64.2 cm³/mol. The molecule has 0 aliphatic carbocycles. The fourth-order valence-corrected chi connectivity index (χ4v) is 2.81. The second-order valence-electron chi connectivity index (χ2n) is 3.12. The van der Waals surface area contributed by atoms with E-state index in [0.29, 0.717) is 0 Å². The molecule has 0 unspecified atom stereocenters. The molecule has 1 fully saturated rings. The summed E-state index contributed by atoms with van der Waals surface area (Å²) in [7, 11) is 0. The molecule has 4 heteroatoms. The van der Waals surface area contributed by atoms with Crippen molar-refractivity contribution < 1.29 is 4.79 Å². The summed E-state index contributed by atoms with van der Waals surface area (Å²) in [5.41, 5.74) is 1.81. The maximum absolute atomic E-state index is 10.8. The summed E-state index contributed by atoms with van der Waals surface area (Å²) in [5, 5.41) is 0. The van der Waals surface area contributed by atoms with E-state index in [9.17, 15) is 4.79 Å². The van der Waals surface area contributed by atoms with E-state index in [2.05, 4.69) is 20.8 Å². The molecule has 1 heterocycles. The molecule has 14 heavy (non-hydrogen) atoms. The topological polar surface area (TPSA) is 20.3 Å². The van der Waals surface area contributed by atoms with Crippen LogP contribution in [-0.2, 0) is 0 Å². The lowest BCUT2D eigenvalue weighted by Crippen LogP contribution is -2.19. The van der Waals surface area contributed by atoms with Crippen molar-refractivity contribution in [2.75, 3.05) is 23.1 Å². The Morgan fingerprint density at radius 3 is 3.00 bits per heavy atom. The minimum absolute atomic E-state index is 0.774. The lowest BCUT2D eigenvalue weighted by atomic mass is 10.2. The first-order valence-electron chi connectivity index (χ1n) is 4.38. The van der Waals surface area contributed by atoms with E-state index in [1.54, 1.807) is 0 Å². The number of anilines is 1. The molecule has 0 N–H and O–H groups in total. The molecule has 0 saturated carbocycles. The van der Waals surface area contributed by atoms with Crippen LogP contribution in [0.25, 0.3) is 0 Å². The van der Waals surface area contributed by atoms with Crippen molar-refractivity contribution >= 4 is 39.7 Å². The van der Waals surface area contributed by atoms with E-state index in [1.165, 1.54) is 0 Å². The second-order valence-corrected chi connectivity index (χ2v) is 5.11. The van der Waals surface area contributed by atoms with Crippen LogP contribution in [0.1, 0.15) is 10.4 Å². The van der Waals surface area contributed by atoms with Gasteiger partial charge >= 0.3 is 0 Å². The fourth-order valence-electron chi connectivity index (χ4n) is 1.49. The van der Waals surface area contributed by atoms with Crippen molar-refractivity contribution in [3.05, 3.63) is 28.2 Å². The van der Waals surface area contributed by atoms with Gasteiger partial charge in [-0.3, -0.25) is 4.79 Å². The normalized spacial score (nSPS) is 15.9. The number of aldehydes is 1. The van der Waals surface area contributed by atoms with Gasteiger partial charge in [-0.05, 0) is 18.2 Å². The number of thioether (sulfide) groups is 1. The first-order chi connectivity index (χ1) is 6.81. The quantitative estimate of drug-likeness (QED) is 0.772. The summed E-state index contributed by atoms with van der Waals surface area (Å²) in [4.78, 5) is 13.1. The molecule has 0 amide bonds. The number of benzene rings is 1. The Kier molecular flexibility index (Phi) is 3.13. The van der Waals surface area contributed by atoms with Gasteiger partial charge in [0.05, 0.1) is 5.88 Å². The van der Waals surface area contributed by atoms with Crippen LogP contribution in [0, 0.1) is 0 Å². The number of carbonyl (C=O) groups is 1. The number of hydrogen-bond acceptors (Lipinski definition) is 3. The third-order valence-corrected chi connectivity index (χ3v) is 3.67. The Hall–Kier alpha value is -0.480. The summed E-state index contributed by atoms with van der Waals surface area (Å²) in [6.45, 7) is 1.03. The molecule has 0 bridgehead atoms. The van der Waals surface area contributed by atoms with Crippen LogP contribution >= 0.6 is 27.7 Å². The Balaban J connectivity index is 2.37. The highest BCUT2D eigenvalue weighted by molar-refractivity contribution is 9.10. The van der Waals surface area contributed by atoms with Crippen molar-refractivity contribution in [1.82, 2.24) is 0 Å². The molecule has 0 aromatic heterocycles. The molecule has 1 aliphatic rings. The Morgan fingerprint density at radius 1 is 1.50 bits per heavy atom. The Labute approximate surface area is 95.8 Å². The molecular weight excluding hydrogens is 262 g/mol. The fraction of sp³-hybridized carbons (Fsp3) is 0.300. The zero-order valence-corrected chi connectivity index (χ0v) is 9.97. The highest BCUT2D eigenvalue weighted by atomic mass is 79.9. The Morgan fingerprint density at radius 2 is 2.36 bits per heavy atom. The molecule has 74 valence electrons. The van der Waals surface area contributed by atoms with Gasteiger partial charge in [0.1, 0.15) is 0 Å². The second kappa shape index (κ2) is 4.36. The van der Waals surface area contributed by atoms with Crippen LogP contribution in [0.2, 0.25) is 0 Å². The minimum Gasteiger partial charge on any atom is -0.361 e. The first kappa shape index (κ1) is 10.1. The van der Waals surface area contributed by atoms with Crippen molar-refractivity contribution in [2.45, 2.75) is 0 Å². The molecule has 1 aromatic rings. The number of nitrogens with zero attached hydrogens (tertiary/aromatic N) is 1. The smallest absolute Gasteiger partial charge is 0.152 e. The van der Waals surface area contributed by atoms with Gasteiger partial charge in [-0.1, -0.05) is 15.9 Å². The van der Waals surface area contributed by atoms with Gasteiger partial charge in [0.15, 0.2) is 6.29 Å². The van der Waals surface area contributed by atoms with Gasteiger partial charge in [0, 0.05) is 28.0 Å². The molecule has 0 spiro atoms. The van der Waals surface area contributed by atoms with E-state index < -0.39 is 0 Å². The highest BCUT2D eigenvalue weighted by Crippen LogP contribution is 2.28. The number of halogens is 1. The minimum atomic E-state index is 0.774. The van der Waals surface area contributed by atoms with E-state index in [0.717, 1.165) is 40.2 Å². The van der Waals surface area contributed by atoms with Gasteiger partial charge in [-0.25, -0.2) is 0 Å². The molecule has 0 radical (unpaired) electrons. The molecule has 2 rings (SSSR count). The first-order valence-corrected chi connectivity index (χ1v) is 6.33. The third kappa shape index (κ3) is 1.96. The summed E-state index contributed by atoms with van der Waals surface area (Å²) in [6.07, 6.45) is 0.921. The molecule has 2 nitrogen and oxygen atoms in total. The Bertz CT molecular complexity index is 350. The number of hydrogen-bond donors (Lipinski definition) is 0. The number of rotatable bonds is 2. The van der Waals surface area contributed by atoms with Crippen LogP contribution in [0.5, 0.6) is 0 Å². The molecule has 1 aromatic carbocycles. The van der Waals surface area contributed by atoms with Crippen molar-refractivity contribution in [3.63, 3.8) is 0 Å². The van der Waals surface area contributed by atoms with Crippen LogP contribution in [0.4, 0.5) is 5.69 Å². The standard InChI is InChI=1S/C10H10BrNOS/c11-9-2-1-8(6-13)10(5-9)12-3-4-14-7-12/h1-2,5-6H,3-4,7H2. The van der Waals surface area contributed by atoms with E-state index in [4.69, 9.17) is 0 Å². The van der Waals surface area contributed by atoms with Crippen molar-refractivity contribution in [3.8, 4) is 0 Å². The van der Waals surface area contributed by atoms with Crippen molar-refractivity contribution in [2.24, 2.45) is 0 Å². The lowest BCUT2D eigenvalue weighted by Gasteiger charge is -2.18. The van der Waals surface area contributed by atoms with Gasteiger partial charge in [0.25, 0.3) is 0 Å². The van der Waals surface area contributed by atoms with Crippen LogP contribution in [0.3, 0.4) is 0 Å². The molecule has 1 saturated heterocycles. The largest absolute Gasteiger partial charge is 0.361 e. The van der Waals surface area contributed by atoms with Gasteiger partial charge in [-0.2, -0.15) is 0 Å². The van der Waals surface area contributed by atoms with Crippen LogP contribution in [0.15, 0.2) is 22.7 Å². The average Bonchev–Trinajstić information content (AvgIpc) is 2.70. The van der Waals surface area contributed by atoms with Crippen LogP contribution < -0.4 is 4.90 Å². The summed E-state index contributed by atoms with van der Waals surface area (Å²) in [5.74, 6) is 2.13. The molecule has 0 atom stereocenters. The van der Waals surface area contributed by atoms with Gasteiger partial charge < -0.3 is 4.90 Å². The van der Waals surface area contributed by atoms with E-state index in [1.807, 2.05) is 30.0 Å². The maximum Gasteiger partial charge on any atom is 0.152 e. The van der Waals surface area contributed by atoms with Crippen LogP contribution in [-0.4, -0.2) is 24.5 Å². The monoisotopic (exact) mass is 271 g/mol. The summed E-state index contributed by atoms with van der Waals surface area (Å²) < 4.78 is 1.02. The zero-order chi connectivity index (χ0) is 9.97. The molecular formula is C10H10BrNOS. The third-order valence-electron chi connectivity index (χ3n) is 2.21. The number of carbonyl (C=O) groups excluding carboxylic acids is 1. The molecule has 1 aliphatic heterocycles. The SMILES string of the molecule is O=Cc1ccc(Br)cc1N1CCSC1. The van der Waals surface area contributed by atoms with E-state index >= 15 is 0 Å². The lowest BCUT2D eigenvalue weighted by molar-refractivity contribution is 0.112. The average molecular weight is 272 g/mol. The predicted octanol–water partition coefficient (Wildman–Crippen LogP) is 2.77. The highest BCUT2D eigenvalue weighted by Gasteiger charge is 2.15. The van der Waals surface area contributed by atoms with Gasteiger partial charge in [-0.15, -0.1) is 11.8 Å². The zero-order valence-electron chi connectivity index (χ0n) is 7.57. The maximum atomic E-state index is 10.8. The summed E-state index contributed by atoms with van der Waals surface area (Å²) >= 11 is 5.32. The van der Waals surface area contributed by atoms with Crippen molar-refractivity contribution in [1.29, 1.82) is 0 Å². The summed E-state index contributed by atoms with van der Waals surface area (Å²) in [6, 6.07) is 5.77. The van der Waals surface area contributed by atoms with E-state index in [-0.39, 0.29) is 0 Å². The van der Waals surface area contributed by atoms with Gasteiger partial charge in [0.2, 0.25) is 0 Å².